The number of anilines is 1. The first-order valence-corrected chi connectivity index (χ1v) is 12.6. The second kappa shape index (κ2) is 12.1. The Labute approximate surface area is 216 Å². The molecule has 0 amide bonds. The maximum atomic E-state index is 12.4. The zero-order valence-corrected chi connectivity index (χ0v) is 21.1. The molecule has 4 rings (SSSR count). The second-order valence-corrected chi connectivity index (χ2v) is 9.16. The summed E-state index contributed by atoms with van der Waals surface area (Å²) in [5.74, 6) is 0.382. The summed E-state index contributed by atoms with van der Waals surface area (Å²) in [4.78, 5) is 23.1. The normalized spacial score (nSPS) is 12.6. The number of rotatable bonds is 12. The van der Waals surface area contributed by atoms with E-state index in [-0.39, 0.29) is 24.7 Å². The average Bonchev–Trinajstić information content (AvgIpc) is 3.42. The number of carbonyl (C=O) groups excluding carboxylic acids is 1. The Kier molecular flexibility index (Phi) is 8.46. The van der Waals surface area contributed by atoms with E-state index in [1.54, 1.807) is 0 Å². The highest BCUT2D eigenvalue weighted by molar-refractivity contribution is 5.96. The number of carboxylic acid groups (broad SMARTS) is 1. The standard InChI is InChI=1S/C30H31N3O4/c1-3-20(2)28(22-14-12-21(13-15-22)26(34)10-7-11-27(35)36)31-25-18-16-24(17-19-25)30-33-32-29(37-30)23-8-5-4-6-9-23/h4-6,8-9,12-20,28,31H,3,7,10-11H2,1-2H3,(H,35,36). The summed E-state index contributed by atoms with van der Waals surface area (Å²) in [6.45, 7) is 4.35. The molecule has 0 fully saturated rings. The van der Waals surface area contributed by atoms with Crippen molar-refractivity contribution in [1.29, 1.82) is 0 Å². The summed E-state index contributed by atoms with van der Waals surface area (Å²) in [6.07, 6.45) is 1.57. The molecule has 2 unspecified atom stereocenters. The molecule has 0 aliphatic carbocycles. The monoisotopic (exact) mass is 497 g/mol. The van der Waals surface area contributed by atoms with E-state index in [0.29, 0.717) is 29.7 Å². The van der Waals surface area contributed by atoms with Gasteiger partial charge in [-0.2, -0.15) is 0 Å². The highest BCUT2D eigenvalue weighted by Gasteiger charge is 2.19. The fourth-order valence-corrected chi connectivity index (χ4v) is 4.14. The first-order chi connectivity index (χ1) is 17.9. The molecule has 0 saturated carbocycles. The summed E-state index contributed by atoms with van der Waals surface area (Å²) >= 11 is 0. The Bertz CT molecular complexity index is 1320. The van der Waals surface area contributed by atoms with Gasteiger partial charge in [0.25, 0.3) is 0 Å². The molecule has 0 radical (unpaired) electrons. The highest BCUT2D eigenvalue weighted by Crippen LogP contribution is 2.31. The number of carbonyl (C=O) groups is 2. The van der Waals surface area contributed by atoms with E-state index in [4.69, 9.17) is 9.52 Å². The van der Waals surface area contributed by atoms with Crippen molar-refractivity contribution in [3.8, 4) is 22.9 Å². The average molecular weight is 498 g/mol. The number of benzene rings is 3. The van der Waals surface area contributed by atoms with E-state index in [2.05, 4.69) is 29.4 Å². The van der Waals surface area contributed by atoms with Gasteiger partial charge in [0.15, 0.2) is 5.78 Å². The molecule has 2 atom stereocenters. The third-order valence-corrected chi connectivity index (χ3v) is 6.50. The van der Waals surface area contributed by atoms with Crippen LogP contribution in [0, 0.1) is 5.92 Å². The van der Waals surface area contributed by atoms with Crippen molar-refractivity contribution in [3.05, 3.63) is 90.0 Å². The first kappa shape index (κ1) is 25.8. The Morgan fingerprint density at radius 3 is 2.08 bits per heavy atom. The minimum atomic E-state index is -0.882. The molecule has 0 bridgehead atoms. The Morgan fingerprint density at radius 1 is 0.865 bits per heavy atom. The molecule has 7 heteroatoms. The lowest BCUT2D eigenvalue weighted by Crippen LogP contribution is -2.18. The lowest BCUT2D eigenvalue weighted by molar-refractivity contribution is -0.137. The predicted octanol–water partition coefficient (Wildman–Crippen LogP) is 7.04. The third kappa shape index (κ3) is 6.70. The van der Waals surface area contributed by atoms with Crippen molar-refractivity contribution < 1.29 is 19.1 Å². The van der Waals surface area contributed by atoms with Gasteiger partial charge in [-0.25, -0.2) is 0 Å². The molecule has 1 heterocycles. The number of ketones is 1. The van der Waals surface area contributed by atoms with Gasteiger partial charge in [0.2, 0.25) is 11.8 Å². The van der Waals surface area contributed by atoms with Crippen LogP contribution in [-0.4, -0.2) is 27.1 Å². The molecule has 1 aromatic heterocycles. The van der Waals surface area contributed by atoms with Crippen molar-refractivity contribution >= 4 is 17.4 Å². The molecule has 0 aliphatic heterocycles. The van der Waals surface area contributed by atoms with Gasteiger partial charge in [0, 0.05) is 35.2 Å². The predicted molar refractivity (Wildman–Crippen MR) is 143 cm³/mol. The lowest BCUT2D eigenvalue weighted by atomic mass is 9.91. The molecule has 3 aromatic carbocycles. The maximum Gasteiger partial charge on any atom is 0.303 e. The maximum absolute atomic E-state index is 12.4. The number of Topliss-reactive ketones (excluding diaryl/α,β-unsaturated/α-hetero) is 1. The molecule has 190 valence electrons. The summed E-state index contributed by atoms with van der Waals surface area (Å²) in [7, 11) is 0. The van der Waals surface area contributed by atoms with Gasteiger partial charge in [-0.1, -0.05) is 62.7 Å². The van der Waals surface area contributed by atoms with E-state index in [9.17, 15) is 9.59 Å². The van der Waals surface area contributed by atoms with Gasteiger partial charge < -0.3 is 14.8 Å². The molecule has 7 nitrogen and oxygen atoms in total. The summed E-state index contributed by atoms with van der Waals surface area (Å²) in [5, 5.41) is 20.8. The van der Waals surface area contributed by atoms with Crippen LogP contribution in [0.1, 0.15) is 61.5 Å². The van der Waals surface area contributed by atoms with Crippen LogP contribution in [-0.2, 0) is 4.79 Å². The van der Waals surface area contributed by atoms with E-state index in [0.717, 1.165) is 28.8 Å². The van der Waals surface area contributed by atoms with E-state index in [1.165, 1.54) is 0 Å². The van der Waals surface area contributed by atoms with Gasteiger partial charge in [-0.15, -0.1) is 10.2 Å². The largest absolute Gasteiger partial charge is 0.481 e. The zero-order valence-electron chi connectivity index (χ0n) is 21.1. The molecule has 2 N–H and O–H groups in total. The van der Waals surface area contributed by atoms with Gasteiger partial charge in [-0.3, -0.25) is 9.59 Å². The number of aromatic nitrogens is 2. The third-order valence-electron chi connectivity index (χ3n) is 6.50. The molecular weight excluding hydrogens is 466 g/mol. The van der Waals surface area contributed by atoms with E-state index >= 15 is 0 Å². The summed E-state index contributed by atoms with van der Waals surface area (Å²) in [5.41, 5.74) is 4.38. The van der Waals surface area contributed by atoms with Crippen molar-refractivity contribution in [2.45, 2.75) is 45.6 Å². The quantitative estimate of drug-likeness (QED) is 0.202. The van der Waals surface area contributed by atoms with Crippen LogP contribution < -0.4 is 5.32 Å². The molecule has 4 aromatic rings. The van der Waals surface area contributed by atoms with Gasteiger partial charge >= 0.3 is 5.97 Å². The molecule has 0 saturated heterocycles. The van der Waals surface area contributed by atoms with E-state index in [1.807, 2.05) is 78.9 Å². The fraction of sp³-hybridized carbons (Fsp3) is 0.267. The van der Waals surface area contributed by atoms with Crippen molar-refractivity contribution in [1.82, 2.24) is 10.2 Å². The fourth-order valence-electron chi connectivity index (χ4n) is 4.14. The number of nitrogens with zero attached hydrogens (tertiary/aromatic N) is 2. The van der Waals surface area contributed by atoms with Crippen molar-refractivity contribution in [3.63, 3.8) is 0 Å². The Hall–Kier alpha value is -4.26. The van der Waals surface area contributed by atoms with Gasteiger partial charge in [0.05, 0.1) is 6.04 Å². The number of carboxylic acids is 1. The van der Waals surface area contributed by atoms with Crippen molar-refractivity contribution in [2.24, 2.45) is 5.92 Å². The minimum Gasteiger partial charge on any atom is -0.481 e. The second-order valence-electron chi connectivity index (χ2n) is 9.16. The number of hydrogen-bond acceptors (Lipinski definition) is 6. The molecular formula is C30H31N3O4. The highest BCUT2D eigenvalue weighted by atomic mass is 16.4. The van der Waals surface area contributed by atoms with Crippen LogP contribution in [0.25, 0.3) is 22.9 Å². The van der Waals surface area contributed by atoms with Crippen LogP contribution in [0.5, 0.6) is 0 Å². The minimum absolute atomic E-state index is 0.00328. The van der Waals surface area contributed by atoms with Crippen LogP contribution in [0.2, 0.25) is 0 Å². The molecule has 0 spiro atoms. The zero-order chi connectivity index (χ0) is 26.2. The van der Waals surface area contributed by atoms with Crippen LogP contribution in [0.3, 0.4) is 0 Å². The first-order valence-electron chi connectivity index (χ1n) is 12.6. The number of aliphatic carboxylic acids is 1. The Balaban J connectivity index is 1.45. The number of nitrogens with one attached hydrogen (secondary N) is 1. The van der Waals surface area contributed by atoms with Gasteiger partial charge in [0.1, 0.15) is 0 Å². The lowest BCUT2D eigenvalue weighted by Gasteiger charge is -2.26. The smallest absolute Gasteiger partial charge is 0.303 e. The van der Waals surface area contributed by atoms with Gasteiger partial charge in [-0.05, 0) is 54.3 Å². The van der Waals surface area contributed by atoms with Crippen molar-refractivity contribution in [2.75, 3.05) is 5.32 Å². The molecule has 37 heavy (non-hydrogen) atoms. The summed E-state index contributed by atoms with van der Waals surface area (Å²) < 4.78 is 5.87. The van der Waals surface area contributed by atoms with Crippen LogP contribution in [0.15, 0.2) is 83.3 Å². The molecule has 0 aliphatic rings. The van der Waals surface area contributed by atoms with Crippen LogP contribution in [0.4, 0.5) is 5.69 Å². The SMILES string of the molecule is CCC(C)C(Nc1ccc(-c2nnc(-c3ccccc3)o2)cc1)c1ccc(C(=O)CCCC(=O)O)cc1. The summed E-state index contributed by atoms with van der Waals surface area (Å²) in [6, 6.07) is 25.3. The van der Waals surface area contributed by atoms with Crippen LogP contribution >= 0.6 is 0 Å². The Morgan fingerprint density at radius 2 is 1.49 bits per heavy atom. The number of hydrogen-bond donors (Lipinski definition) is 2. The van der Waals surface area contributed by atoms with E-state index < -0.39 is 5.97 Å². The topological polar surface area (TPSA) is 105 Å².